The van der Waals surface area contributed by atoms with Gasteiger partial charge in [-0.15, -0.1) is 10.0 Å². The van der Waals surface area contributed by atoms with Crippen LogP contribution in [0.15, 0.2) is 11.2 Å². The van der Waals surface area contributed by atoms with Crippen LogP contribution in [0.1, 0.15) is 0 Å². The van der Waals surface area contributed by atoms with E-state index in [0.717, 1.165) is 0 Å². The van der Waals surface area contributed by atoms with Gasteiger partial charge in [0.15, 0.2) is 0 Å². The molecule has 66 valence electrons. The first-order valence-corrected chi connectivity index (χ1v) is 3.39. The van der Waals surface area contributed by atoms with E-state index < -0.39 is 0 Å². The van der Waals surface area contributed by atoms with Gasteiger partial charge in [-0.05, 0) is 5.18 Å². The third kappa shape index (κ3) is 1.79. The van der Waals surface area contributed by atoms with E-state index in [1.807, 2.05) is 0 Å². The molecule has 0 spiro atoms. The fraction of sp³-hybridized carbons (Fsp3) is 0.500. The molecule has 6 heteroatoms. The third-order valence-corrected chi connectivity index (χ3v) is 1.26. The molecule has 0 amide bonds. The number of ether oxygens (including phenoxy) is 1. The maximum absolute atomic E-state index is 10.0. The minimum Gasteiger partial charge on any atom is -0.475 e. The van der Waals surface area contributed by atoms with Gasteiger partial charge in [0.05, 0.1) is 12.7 Å². The summed E-state index contributed by atoms with van der Waals surface area (Å²) in [5, 5.41) is 14.8. The van der Waals surface area contributed by atoms with Crippen molar-refractivity contribution in [1.82, 2.24) is 9.78 Å². The Hall–Kier alpha value is -1.43. The first-order valence-electron chi connectivity index (χ1n) is 3.39. The molecule has 0 unspecified atom stereocenters. The van der Waals surface area contributed by atoms with E-state index in [1.54, 1.807) is 7.05 Å². The lowest BCUT2D eigenvalue weighted by Gasteiger charge is -2.01. The van der Waals surface area contributed by atoms with Gasteiger partial charge in [-0.2, -0.15) is 0 Å². The van der Waals surface area contributed by atoms with Crippen molar-refractivity contribution in [3.63, 3.8) is 0 Å². The van der Waals surface area contributed by atoms with E-state index in [2.05, 4.69) is 10.3 Å². The summed E-state index contributed by atoms with van der Waals surface area (Å²) in [6.45, 7) is 0.104. The number of aryl methyl sites for hydroxylation is 1. The lowest BCUT2D eigenvalue weighted by molar-refractivity contribution is 0.191. The van der Waals surface area contributed by atoms with E-state index in [4.69, 9.17) is 9.84 Å². The van der Waals surface area contributed by atoms with Gasteiger partial charge in [0.1, 0.15) is 6.61 Å². The van der Waals surface area contributed by atoms with Crippen LogP contribution in [-0.4, -0.2) is 28.1 Å². The van der Waals surface area contributed by atoms with Crippen molar-refractivity contribution in [3.05, 3.63) is 11.0 Å². The number of rotatable bonds is 4. The van der Waals surface area contributed by atoms with Crippen molar-refractivity contribution < 1.29 is 9.84 Å². The summed E-state index contributed by atoms with van der Waals surface area (Å²) in [4.78, 5) is 10.0. The molecule has 1 N–H and O–H groups in total. The molecule has 0 aliphatic rings. The minimum atomic E-state index is -0.0744. The molecule has 1 heterocycles. The largest absolute Gasteiger partial charge is 0.475 e. The standard InChI is InChI=1S/C6H9N3O3/c1-9-6(12-3-2-10)4-5(7-9)8-11/h4,10H,2-3H2,1H3. The average Bonchev–Trinajstić information content (AvgIpc) is 2.43. The van der Waals surface area contributed by atoms with Crippen LogP contribution in [0.25, 0.3) is 0 Å². The van der Waals surface area contributed by atoms with Crippen LogP contribution in [0.4, 0.5) is 5.82 Å². The summed E-state index contributed by atoms with van der Waals surface area (Å²) >= 11 is 0. The fourth-order valence-corrected chi connectivity index (χ4v) is 0.766. The number of hydrogen-bond acceptors (Lipinski definition) is 5. The van der Waals surface area contributed by atoms with Crippen molar-refractivity contribution in [1.29, 1.82) is 0 Å². The van der Waals surface area contributed by atoms with Crippen LogP contribution in [0, 0.1) is 4.91 Å². The first kappa shape index (κ1) is 8.66. The van der Waals surface area contributed by atoms with Crippen LogP contribution in [0.2, 0.25) is 0 Å². The zero-order valence-electron chi connectivity index (χ0n) is 6.60. The third-order valence-electron chi connectivity index (χ3n) is 1.26. The monoisotopic (exact) mass is 171 g/mol. The first-order chi connectivity index (χ1) is 5.77. The van der Waals surface area contributed by atoms with E-state index in [1.165, 1.54) is 10.7 Å². The molecule has 0 aliphatic heterocycles. The number of nitroso groups, excluding NO2 is 1. The fourth-order valence-electron chi connectivity index (χ4n) is 0.766. The van der Waals surface area contributed by atoms with E-state index in [-0.39, 0.29) is 19.0 Å². The quantitative estimate of drug-likeness (QED) is 0.656. The number of aliphatic hydroxyl groups excluding tert-OH is 1. The Balaban J connectivity index is 2.70. The predicted molar refractivity (Wildman–Crippen MR) is 41.2 cm³/mol. The van der Waals surface area contributed by atoms with Crippen molar-refractivity contribution in [2.75, 3.05) is 13.2 Å². The van der Waals surface area contributed by atoms with Gasteiger partial charge in [0.25, 0.3) is 0 Å². The van der Waals surface area contributed by atoms with Gasteiger partial charge < -0.3 is 9.84 Å². The zero-order valence-corrected chi connectivity index (χ0v) is 6.60. The summed E-state index contributed by atoms with van der Waals surface area (Å²) in [5.41, 5.74) is 0. The van der Waals surface area contributed by atoms with Gasteiger partial charge in [-0.25, -0.2) is 4.68 Å². The molecular weight excluding hydrogens is 162 g/mol. The second-order valence-corrected chi connectivity index (χ2v) is 2.13. The van der Waals surface area contributed by atoms with Gasteiger partial charge in [-0.1, -0.05) is 0 Å². The maximum atomic E-state index is 10.0. The molecule has 0 bridgehead atoms. The normalized spacial score (nSPS) is 9.83. The van der Waals surface area contributed by atoms with E-state index in [0.29, 0.717) is 5.88 Å². The van der Waals surface area contributed by atoms with Crippen LogP contribution in [0.3, 0.4) is 0 Å². The Morgan fingerprint density at radius 3 is 3.08 bits per heavy atom. The Morgan fingerprint density at radius 1 is 1.83 bits per heavy atom. The highest BCUT2D eigenvalue weighted by Gasteiger charge is 2.04. The smallest absolute Gasteiger partial charge is 0.221 e. The molecule has 0 aromatic carbocycles. The number of aromatic nitrogens is 2. The second kappa shape index (κ2) is 3.82. The number of hydrogen-bond donors (Lipinski definition) is 1. The molecule has 0 fully saturated rings. The van der Waals surface area contributed by atoms with Crippen molar-refractivity contribution in [3.8, 4) is 5.88 Å². The second-order valence-electron chi connectivity index (χ2n) is 2.13. The van der Waals surface area contributed by atoms with Crippen LogP contribution in [0.5, 0.6) is 5.88 Å². The molecule has 12 heavy (non-hydrogen) atoms. The maximum Gasteiger partial charge on any atom is 0.221 e. The molecule has 1 aromatic heterocycles. The Bertz CT molecular complexity index is 271. The average molecular weight is 171 g/mol. The highest BCUT2D eigenvalue weighted by atomic mass is 16.5. The summed E-state index contributed by atoms with van der Waals surface area (Å²) in [7, 11) is 1.63. The molecule has 1 rings (SSSR count). The molecule has 0 aliphatic carbocycles. The van der Waals surface area contributed by atoms with Crippen LogP contribution in [-0.2, 0) is 7.05 Å². The molecule has 1 aromatic rings. The number of nitrogens with zero attached hydrogens (tertiary/aromatic N) is 3. The molecule has 0 saturated carbocycles. The predicted octanol–water partition coefficient (Wildman–Crippen LogP) is 0.189. The van der Waals surface area contributed by atoms with Crippen LogP contribution >= 0.6 is 0 Å². The van der Waals surface area contributed by atoms with Crippen molar-refractivity contribution in [2.24, 2.45) is 12.2 Å². The molecular formula is C6H9N3O3. The summed E-state index contributed by atoms with van der Waals surface area (Å²) in [6, 6.07) is 1.41. The molecule has 0 radical (unpaired) electrons. The molecule has 6 nitrogen and oxygen atoms in total. The van der Waals surface area contributed by atoms with Crippen LogP contribution < -0.4 is 4.74 Å². The highest BCUT2D eigenvalue weighted by molar-refractivity contribution is 5.31. The van der Waals surface area contributed by atoms with Gasteiger partial charge >= 0.3 is 0 Å². The Morgan fingerprint density at radius 2 is 2.58 bits per heavy atom. The van der Waals surface area contributed by atoms with Crippen molar-refractivity contribution >= 4 is 5.82 Å². The summed E-state index contributed by atoms with van der Waals surface area (Å²) in [6.07, 6.45) is 0. The number of aliphatic hydroxyl groups is 1. The van der Waals surface area contributed by atoms with E-state index in [9.17, 15) is 4.91 Å². The molecule has 0 saturated heterocycles. The Labute approximate surface area is 68.7 Å². The van der Waals surface area contributed by atoms with Crippen molar-refractivity contribution in [2.45, 2.75) is 0 Å². The summed E-state index contributed by atoms with van der Waals surface area (Å²) < 4.78 is 6.40. The zero-order chi connectivity index (χ0) is 8.97. The van der Waals surface area contributed by atoms with Gasteiger partial charge in [0, 0.05) is 7.05 Å². The van der Waals surface area contributed by atoms with E-state index >= 15 is 0 Å². The van der Waals surface area contributed by atoms with Gasteiger partial charge in [-0.3, -0.25) is 0 Å². The minimum absolute atomic E-state index is 0.0744. The highest BCUT2D eigenvalue weighted by Crippen LogP contribution is 2.17. The Kier molecular flexibility index (Phi) is 2.76. The summed E-state index contributed by atoms with van der Waals surface area (Å²) in [5.74, 6) is 0.490. The van der Waals surface area contributed by atoms with Gasteiger partial charge in [0.2, 0.25) is 11.7 Å². The SMILES string of the molecule is Cn1nc(N=O)cc1OCCO. The lowest BCUT2D eigenvalue weighted by Crippen LogP contribution is -2.05. The topological polar surface area (TPSA) is 76.7 Å². The molecule has 0 atom stereocenters. The lowest BCUT2D eigenvalue weighted by atomic mass is 10.6.